The van der Waals surface area contributed by atoms with Crippen LogP contribution in [0.25, 0.3) is 0 Å². The molecule has 19 heavy (non-hydrogen) atoms. The first-order valence-corrected chi connectivity index (χ1v) is 7.69. The lowest BCUT2D eigenvalue weighted by Crippen LogP contribution is -2.53. The van der Waals surface area contributed by atoms with Gasteiger partial charge in [-0.1, -0.05) is 40.5 Å². The van der Waals surface area contributed by atoms with Gasteiger partial charge in [-0.2, -0.15) is 0 Å². The molecule has 1 atom stereocenters. The minimum absolute atomic E-state index is 0.236. The summed E-state index contributed by atoms with van der Waals surface area (Å²) in [6.45, 7) is 10.4. The summed E-state index contributed by atoms with van der Waals surface area (Å²) in [5.41, 5.74) is 5.53. The molecule has 4 nitrogen and oxygen atoms in total. The number of carbonyl (C=O) groups excluding carboxylic acids is 1. The van der Waals surface area contributed by atoms with Gasteiger partial charge in [-0.3, -0.25) is 9.69 Å². The van der Waals surface area contributed by atoms with E-state index < -0.39 is 0 Å². The summed E-state index contributed by atoms with van der Waals surface area (Å²) in [5.74, 6) is 0.383. The minimum Gasteiger partial charge on any atom is -0.368 e. The van der Waals surface area contributed by atoms with Crippen LogP contribution in [0.4, 0.5) is 0 Å². The normalized spacial score (nSPS) is 18.7. The zero-order valence-corrected chi connectivity index (χ0v) is 13.0. The molecule has 4 heteroatoms. The maximum absolute atomic E-state index is 11.6. The Balaban J connectivity index is 2.64. The fourth-order valence-electron chi connectivity index (χ4n) is 2.97. The molecule has 1 rings (SSSR count). The number of rotatable bonds is 8. The number of primary amides is 1. The Morgan fingerprint density at radius 2 is 1.79 bits per heavy atom. The first-order valence-electron chi connectivity index (χ1n) is 7.69. The molecule has 112 valence electrons. The molecule has 1 saturated carbocycles. The molecular weight excluding hydrogens is 238 g/mol. The molecule has 1 fully saturated rings. The largest absolute Gasteiger partial charge is 0.368 e. The van der Waals surface area contributed by atoms with Gasteiger partial charge in [-0.25, -0.2) is 0 Å². The van der Waals surface area contributed by atoms with E-state index in [1.807, 2.05) is 0 Å². The first kappa shape index (κ1) is 16.4. The van der Waals surface area contributed by atoms with Crippen LogP contribution in [0.1, 0.15) is 53.4 Å². The van der Waals surface area contributed by atoms with Gasteiger partial charge in [0, 0.05) is 25.2 Å². The van der Waals surface area contributed by atoms with Crippen molar-refractivity contribution >= 4 is 5.91 Å². The fraction of sp³-hybridized carbons (Fsp3) is 0.933. The molecule has 0 aliphatic heterocycles. The Labute approximate surface area is 118 Å². The van der Waals surface area contributed by atoms with Crippen molar-refractivity contribution in [1.82, 2.24) is 10.2 Å². The monoisotopic (exact) mass is 269 g/mol. The molecule has 0 spiro atoms. The molecule has 1 unspecified atom stereocenters. The number of hydrogen-bond donors (Lipinski definition) is 2. The molecule has 0 saturated heterocycles. The highest BCUT2D eigenvalue weighted by atomic mass is 16.1. The quantitative estimate of drug-likeness (QED) is 0.705. The second-order valence-corrected chi connectivity index (χ2v) is 6.56. The predicted molar refractivity (Wildman–Crippen MR) is 79.9 cm³/mol. The average Bonchev–Trinajstić information content (AvgIpc) is 2.78. The molecule has 3 N–H and O–H groups in total. The van der Waals surface area contributed by atoms with Gasteiger partial charge in [0.1, 0.15) is 0 Å². The second kappa shape index (κ2) is 7.85. The van der Waals surface area contributed by atoms with Crippen LogP contribution in [0.2, 0.25) is 0 Å². The van der Waals surface area contributed by atoms with Gasteiger partial charge in [0.2, 0.25) is 5.91 Å². The highest BCUT2D eigenvalue weighted by molar-refractivity contribution is 5.80. The fourth-order valence-corrected chi connectivity index (χ4v) is 2.97. The van der Waals surface area contributed by atoms with Crippen LogP contribution in [-0.2, 0) is 4.79 Å². The summed E-state index contributed by atoms with van der Waals surface area (Å²) in [4.78, 5) is 14.1. The topological polar surface area (TPSA) is 58.4 Å². The van der Waals surface area contributed by atoms with Gasteiger partial charge < -0.3 is 11.1 Å². The lowest BCUT2D eigenvalue weighted by molar-refractivity contribution is -0.120. The van der Waals surface area contributed by atoms with E-state index in [0.717, 1.165) is 13.1 Å². The van der Waals surface area contributed by atoms with Crippen molar-refractivity contribution < 1.29 is 4.79 Å². The van der Waals surface area contributed by atoms with E-state index in [9.17, 15) is 4.79 Å². The maximum Gasteiger partial charge on any atom is 0.235 e. The minimum atomic E-state index is -0.237. The van der Waals surface area contributed by atoms with E-state index in [-0.39, 0.29) is 18.0 Å². The second-order valence-electron chi connectivity index (χ2n) is 6.56. The lowest BCUT2D eigenvalue weighted by atomic mass is 10.1. The molecular formula is C15H31N3O. The Bertz CT molecular complexity index is 273. The number of amides is 1. The smallest absolute Gasteiger partial charge is 0.235 e. The first-order chi connectivity index (χ1) is 8.90. The van der Waals surface area contributed by atoms with Crippen molar-refractivity contribution in [2.75, 3.05) is 13.1 Å². The molecule has 0 aromatic carbocycles. The van der Waals surface area contributed by atoms with E-state index in [2.05, 4.69) is 37.9 Å². The molecule has 1 aliphatic carbocycles. The average molecular weight is 269 g/mol. The Morgan fingerprint density at radius 3 is 2.21 bits per heavy atom. The molecule has 1 amide bonds. The molecule has 0 aromatic rings. The molecule has 1 aliphatic rings. The third kappa shape index (κ3) is 5.91. The predicted octanol–water partition coefficient (Wildman–Crippen LogP) is 1.74. The number of carbonyl (C=O) groups is 1. The lowest BCUT2D eigenvalue weighted by Gasteiger charge is -2.33. The molecule has 0 heterocycles. The summed E-state index contributed by atoms with van der Waals surface area (Å²) in [6.07, 6.45) is 5.16. The maximum atomic E-state index is 11.6. The van der Waals surface area contributed by atoms with Crippen LogP contribution in [-0.4, -0.2) is 42.0 Å². The van der Waals surface area contributed by atoms with Gasteiger partial charge in [0.05, 0.1) is 6.04 Å². The summed E-state index contributed by atoms with van der Waals surface area (Å²) in [7, 11) is 0. The van der Waals surface area contributed by atoms with Gasteiger partial charge >= 0.3 is 0 Å². The zero-order valence-electron chi connectivity index (χ0n) is 13.0. The van der Waals surface area contributed by atoms with Crippen molar-refractivity contribution in [3.8, 4) is 0 Å². The number of nitrogens with two attached hydrogens (primary N) is 1. The Morgan fingerprint density at radius 1 is 1.21 bits per heavy atom. The van der Waals surface area contributed by atoms with Crippen LogP contribution >= 0.6 is 0 Å². The van der Waals surface area contributed by atoms with Crippen molar-refractivity contribution in [2.24, 2.45) is 11.7 Å². The van der Waals surface area contributed by atoms with Crippen molar-refractivity contribution in [2.45, 2.75) is 71.5 Å². The number of nitrogens with zero attached hydrogens (tertiary/aromatic N) is 1. The summed E-state index contributed by atoms with van der Waals surface area (Å²) in [5, 5.41) is 3.29. The van der Waals surface area contributed by atoms with Gasteiger partial charge in [-0.05, 0) is 18.8 Å². The van der Waals surface area contributed by atoms with E-state index in [1.165, 1.54) is 25.7 Å². The molecule has 0 aromatic heterocycles. The third-order valence-corrected chi connectivity index (χ3v) is 3.74. The summed E-state index contributed by atoms with van der Waals surface area (Å²) >= 11 is 0. The van der Waals surface area contributed by atoms with E-state index >= 15 is 0 Å². The molecule has 0 radical (unpaired) electrons. The van der Waals surface area contributed by atoms with E-state index in [4.69, 9.17) is 5.73 Å². The summed E-state index contributed by atoms with van der Waals surface area (Å²) in [6, 6.07) is 0.680. The number of nitrogens with one attached hydrogen (secondary N) is 1. The van der Waals surface area contributed by atoms with Gasteiger partial charge in [0.25, 0.3) is 0 Å². The van der Waals surface area contributed by atoms with E-state index in [0.29, 0.717) is 12.0 Å². The van der Waals surface area contributed by atoms with Gasteiger partial charge in [0.15, 0.2) is 0 Å². The standard InChI is InChI=1S/C15H31N3O/c1-11(2)9-18(13-7-5-6-8-13)10-14(15(16)19)17-12(3)4/h11-14,17H,5-10H2,1-4H3,(H2,16,19). The Kier molecular flexibility index (Phi) is 6.80. The van der Waals surface area contributed by atoms with Crippen LogP contribution in [0.3, 0.4) is 0 Å². The van der Waals surface area contributed by atoms with Gasteiger partial charge in [-0.15, -0.1) is 0 Å². The van der Waals surface area contributed by atoms with Crippen molar-refractivity contribution in [3.05, 3.63) is 0 Å². The van der Waals surface area contributed by atoms with Crippen LogP contribution in [0.15, 0.2) is 0 Å². The van der Waals surface area contributed by atoms with Crippen molar-refractivity contribution in [1.29, 1.82) is 0 Å². The zero-order chi connectivity index (χ0) is 14.4. The summed E-state index contributed by atoms with van der Waals surface area (Å²) < 4.78 is 0. The van der Waals surface area contributed by atoms with Crippen molar-refractivity contribution in [3.63, 3.8) is 0 Å². The Hall–Kier alpha value is -0.610. The highest BCUT2D eigenvalue weighted by Crippen LogP contribution is 2.24. The van der Waals surface area contributed by atoms with Crippen LogP contribution in [0, 0.1) is 5.92 Å². The number of hydrogen-bond acceptors (Lipinski definition) is 3. The SMILES string of the molecule is CC(C)CN(CC(NC(C)C)C(N)=O)C1CCCC1. The van der Waals surface area contributed by atoms with E-state index in [1.54, 1.807) is 0 Å². The molecule has 0 bridgehead atoms. The van der Waals surface area contributed by atoms with Crippen LogP contribution in [0.5, 0.6) is 0 Å². The third-order valence-electron chi connectivity index (χ3n) is 3.74. The van der Waals surface area contributed by atoms with Crippen LogP contribution < -0.4 is 11.1 Å². The highest BCUT2D eigenvalue weighted by Gasteiger charge is 2.27.